The molecule has 0 aliphatic carbocycles. The number of nitrogens with zero attached hydrogens (tertiary/aromatic N) is 3. The van der Waals surface area contributed by atoms with E-state index >= 15 is 0 Å². The Balaban J connectivity index is 1.31. The third-order valence-corrected chi connectivity index (χ3v) is 5.04. The van der Waals surface area contributed by atoms with Gasteiger partial charge in [0.2, 0.25) is 0 Å². The lowest BCUT2D eigenvalue weighted by Gasteiger charge is -2.21. The zero-order valence-corrected chi connectivity index (χ0v) is 13.2. The average molecular weight is 311 g/mol. The Morgan fingerprint density at radius 1 is 0.913 bits per heavy atom. The van der Waals surface area contributed by atoms with Crippen LogP contribution in [0, 0.1) is 17.7 Å². The highest BCUT2D eigenvalue weighted by Gasteiger charge is 2.39. The van der Waals surface area contributed by atoms with Gasteiger partial charge in [-0.25, -0.2) is 4.39 Å². The molecule has 2 aliphatic rings. The number of fused-ring (bicyclic) bond motifs is 1. The molecule has 2 aromatic rings. The number of rotatable bonds is 4. The molecule has 0 unspecified atom stereocenters. The summed E-state index contributed by atoms with van der Waals surface area (Å²) in [5.41, 5.74) is 2.24. The molecule has 3 heterocycles. The quantitative estimate of drug-likeness (QED) is 0.865. The van der Waals surface area contributed by atoms with E-state index in [0.717, 1.165) is 62.4 Å². The van der Waals surface area contributed by atoms with Gasteiger partial charge in [-0.15, -0.1) is 0 Å². The molecule has 1 aromatic carbocycles. The van der Waals surface area contributed by atoms with Gasteiger partial charge in [0, 0.05) is 45.5 Å². The second-order valence-corrected chi connectivity index (χ2v) is 6.86. The minimum absolute atomic E-state index is 0.136. The lowest BCUT2D eigenvalue weighted by Crippen LogP contribution is -2.28. The molecule has 0 spiro atoms. The molecule has 1 aromatic heterocycles. The van der Waals surface area contributed by atoms with Gasteiger partial charge >= 0.3 is 0 Å². The molecule has 2 aliphatic heterocycles. The van der Waals surface area contributed by atoms with E-state index in [-0.39, 0.29) is 5.82 Å². The van der Waals surface area contributed by atoms with Crippen molar-refractivity contribution in [3.05, 3.63) is 65.7 Å². The summed E-state index contributed by atoms with van der Waals surface area (Å²) in [5, 5.41) is 0. The van der Waals surface area contributed by atoms with E-state index in [9.17, 15) is 4.39 Å². The van der Waals surface area contributed by atoms with Crippen molar-refractivity contribution in [2.75, 3.05) is 26.2 Å². The zero-order chi connectivity index (χ0) is 15.6. The van der Waals surface area contributed by atoms with E-state index < -0.39 is 0 Å². The Bertz CT molecular complexity index is 647. The van der Waals surface area contributed by atoms with Crippen LogP contribution in [0.25, 0.3) is 0 Å². The third kappa shape index (κ3) is 3.43. The van der Waals surface area contributed by atoms with E-state index in [1.165, 1.54) is 6.07 Å². The van der Waals surface area contributed by atoms with E-state index in [0.29, 0.717) is 0 Å². The van der Waals surface area contributed by atoms with Gasteiger partial charge < -0.3 is 0 Å². The van der Waals surface area contributed by atoms with Gasteiger partial charge in [-0.1, -0.05) is 18.2 Å². The van der Waals surface area contributed by atoms with Crippen LogP contribution in [0.1, 0.15) is 11.3 Å². The average Bonchev–Trinajstić information content (AvgIpc) is 3.06. The van der Waals surface area contributed by atoms with Crippen molar-refractivity contribution in [2.45, 2.75) is 13.1 Å². The lowest BCUT2D eigenvalue weighted by molar-refractivity contribution is 0.244. The smallest absolute Gasteiger partial charge is 0.123 e. The highest BCUT2D eigenvalue weighted by atomic mass is 19.1. The summed E-state index contributed by atoms with van der Waals surface area (Å²) in [4.78, 5) is 9.43. The fraction of sp³-hybridized carbons (Fsp3) is 0.421. The van der Waals surface area contributed by atoms with Crippen LogP contribution in [0.15, 0.2) is 48.7 Å². The SMILES string of the molecule is Fc1cccc(CN2C[C@@H]3CN(Cc4ccccn4)C[C@@H]3C2)c1. The molecule has 2 atom stereocenters. The molecule has 4 heteroatoms. The fourth-order valence-corrected chi connectivity index (χ4v) is 4.06. The summed E-state index contributed by atoms with van der Waals surface area (Å²) < 4.78 is 13.3. The maximum absolute atomic E-state index is 13.3. The van der Waals surface area contributed by atoms with Crippen LogP contribution in [0.4, 0.5) is 4.39 Å². The Labute approximate surface area is 136 Å². The molecule has 0 amide bonds. The molecular formula is C19H22FN3. The standard InChI is InChI=1S/C19H22FN3/c20-18-5-3-4-15(8-18)9-22-10-16-12-23(13-17(16)11-22)14-19-6-1-2-7-21-19/h1-8,16-17H,9-14H2/t16-,17+. The van der Waals surface area contributed by atoms with Gasteiger partial charge in [0.15, 0.2) is 0 Å². The summed E-state index contributed by atoms with van der Waals surface area (Å²) in [7, 11) is 0. The largest absolute Gasteiger partial charge is 0.298 e. The van der Waals surface area contributed by atoms with Crippen LogP contribution in [-0.2, 0) is 13.1 Å². The van der Waals surface area contributed by atoms with Gasteiger partial charge in [0.1, 0.15) is 5.82 Å². The molecule has 3 nitrogen and oxygen atoms in total. The molecule has 23 heavy (non-hydrogen) atoms. The number of benzene rings is 1. The van der Waals surface area contributed by atoms with Gasteiger partial charge in [-0.3, -0.25) is 14.8 Å². The van der Waals surface area contributed by atoms with E-state index in [1.807, 2.05) is 18.3 Å². The minimum Gasteiger partial charge on any atom is -0.298 e. The first-order valence-corrected chi connectivity index (χ1v) is 8.35. The summed E-state index contributed by atoms with van der Waals surface area (Å²) >= 11 is 0. The number of likely N-dealkylation sites (tertiary alicyclic amines) is 2. The molecular weight excluding hydrogens is 289 g/mol. The predicted molar refractivity (Wildman–Crippen MR) is 88.2 cm³/mol. The van der Waals surface area contributed by atoms with Gasteiger partial charge in [-0.05, 0) is 41.7 Å². The van der Waals surface area contributed by atoms with Crippen LogP contribution in [0.2, 0.25) is 0 Å². The summed E-state index contributed by atoms with van der Waals surface area (Å²) in [6.07, 6.45) is 1.87. The zero-order valence-electron chi connectivity index (χ0n) is 13.2. The molecule has 2 fully saturated rings. The predicted octanol–water partition coefficient (Wildman–Crippen LogP) is 2.78. The second-order valence-electron chi connectivity index (χ2n) is 6.86. The van der Waals surface area contributed by atoms with Crippen molar-refractivity contribution in [1.29, 1.82) is 0 Å². The molecule has 0 bridgehead atoms. The second kappa shape index (κ2) is 6.38. The maximum atomic E-state index is 13.3. The normalized spacial score (nSPS) is 24.9. The molecule has 0 saturated carbocycles. The first-order valence-electron chi connectivity index (χ1n) is 8.35. The topological polar surface area (TPSA) is 19.4 Å². The van der Waals surface area contributed by atoms with Crippen LogP contribution in [-0.4, -0.2) is 41.0 Å². The highest BCUT2D eigenvalue weighted by Crippen LogP contribution is 2.32. The van der Waals surface area contributed by atoms with Crippen molar-refractivity contribution >= 4 is 0 Å². The van der Waals surface area contributed by atoms with Crippen molar-refractivity contribution in [1.82, 2.24) is 14.8 Å². The Kier molecular flexibility index (Phi) is 4.10. The highest BCUT2D eigenvalue weighted by molar-refractivity contribution is 5.16. The van der Waals surface area contributed by atoms with Crippen molar-refractivity contribution in [2.24, 2.45) is 11.8 Å². The van der Waals surface area contributed by atoms with Crippen molar-refractivity contribution in [3.63, 3.8) is 0 Å². The van der Waals surface area contributed by atoms with Gasteiger partial charge in [0.25, 0.3) is 0 Å². The van der Waals surface area contributed by atoms with Gasteiger partial charge in [-0.2, -0.15) is 0 Å². The number of pyridine rings is 1. The summed E-state index contributed by atoms with van der Waals surface area (Å²) in [6, 6.07) is 13.1. The third-order valence-electron chi connectivity index (χ3n) is 5.04. The molecule has 2 saturated heterocycles. The number of hydrogen-bond acceptors (Lipinski definition) is 3. The van der Waals surface area contributed by atoms with Crippen molar-refractivity contribution in [3.8, 4) is 0 Å². The van der Waals surface area contributed by atoms with E-state index in [1.54, 1.807) is 12.1 Å². The lowest BCUT2D eigenvalue weighted by atomic mass is 10.0. The van der Waals surface area contributed by atoms with Gasteiger partial charge in [0.05, 0.1) is 5.69 Å². The van der Waals surface area contributed by atoms with Crippen molar-refractivity contribution < 1.29 is 4.39 Å². The number of hydrogen-bond donors (Lipinski definition) is 0. The maximum Gasteiger partial charge on any atom is 0.123 e. The molecule has 4 rings (SSSR count). The van der Waals surface area contributed by atoms with Crippen LogP contribution >= 0.6 is 0 Å². The van der Waals surface area contributed by atoms with Crippen LogP contribution in [0.5, 0.6) is 0 Å². The fourth-order valence-electron chi connectivity index (χ4n) is 4.06. The van der Waals surface area contributed by atoms with Crippen LogP contribution in [0.3, 0.4) is 0 Å². The first kappa shape index (κ1) is 14.8. The Morgan fingerprint density at radius 2 is 1.65 bits per heavy atom. The first-order chi connectivity index (χ1) is 11.3. The van der Waals surface area contributed by atoms with E-state index in [2.05, 4.69) is 26.9 Å². The Morgan fingerprint density at radius 3 is 2.30 bits per heavy atom. The molecule has 0 radical (unpaired) electrons. The molecule has 0 N–H and O–H groups in total. The summed E-state index contributed by atoms with van der Waals surface area (Å²) in [6.45, 7) is 6.38. The minimum atomic E-state index is -0.136. The van der Waals surface area contributed by atoms with Crippen LogP contribution < -0.4 is 0 Å². The summed E-state index contributed by atoms with van der Waals surface area (Å²) in [5.74, 6) is 1.35. The molecule has 120 valence electrons. The monoisotopic (exact) mass is 311 g/mol. The Hall–Kier alpha value is -1.78. The van der Waals surface area contributed by atoms with E-state index in [4.69, 9.17) is 0 Å². The number of halogens is 1. The number of aromatic nitrogens is 1.